The Balaban J connectivity index is 2.17. The summed E-state index contributed by atoms with van der Waals surface area (Å²) in [6, 6.07) is 10.2. The van der Waals surface area contributed by atoms with Crippen LogP contribution in [0.1, 0.15) is 5.56 Å². The van der Waals surface area contributed by atoms with Crippen molar-refractivity contribution < 1.29 is 4.74 Å². The number of aromatic nitrogens is 2. The molecule has 22 heavy (non-hydrogen) atoms. The summed E-state index contributed by atoms with van der Waals surface area (Å²) in [6.45, 7) is 2.08. The number of benzene rings is 1. The molecule has 0 saturated carbocycles. The molecule has 0 atom stereocenters. The maximum Gasteiger partial charge on any atom is 0.157 e. The summed E-state index contributed by atoms with van der Waals surface area (Å²) in [6.07, 6.45) is 1.55. The van der Waals surface area contributed by atoms with Gasteiger partial charge in [-0.2, -0.15) is 0 Å². The van der Waals surface area contributed by atoms with E-state index >= 15 is 0 Å². The van der Waals surface area contributed by atoms with Gasteiger partial charge >= 0.3 is 0 Å². The van der Waals surface area contributed by atoms with E-state index in [4.69, 9.17) is 10.5 Å². The third-order valence-electron chi connectivity index (χ3n) is 3.46. The fourth-order valence-corrected chi connectivity index (χ4v) is 2.25. The summed E-state index contributed by atoms with van der Waals surface area (Å²) in [5.41, 5.74) is 8.05. The Kier molecular flexibility index (Phi) is 5.55. The monoisotopic (exact) mass is 301 g/mol. The molecular weight excluding hydrogens is 278 g/mol. The fourth-order valence-electron chi connectivity index (χ4n) is 2.25. The minimum Gasteiger partial charge on any atom is -0.393 e. The van der Waals surface area contributed by atoms with Crippen molar-refractivity contribution in [1.29, 1.82) is 0 Å². The molecule has 0 bridgehead atoms. The number of ether oxygens (including phenoxy) is 1. The van der Waals surface area contributed by atoms with Gasteiger partial charge < -0.3 is 20.3 Å². The molecule has 0 aliphatic carbocycles. The minimum atomic E-state index is 0.583. The second-order valence-corrected chi connectivity index (χ2v) is 5.19. The number of methoxy groups -OCH3 is 1. The predicted molar refractivity (Wildman–Crippen MR) is 90.1 cm³/mol. The SMILES string of the molecule is COCCN(C)c1ncnc(N(C)Cc2ccccc2)c1N. The molecule has 6 nitrogen and oxygen atoms in total. The van der Waals surface area contributed by atoms with E-state index in [1.165, 1.54) is 5.56 Å². The van der Waals surface area contributed by atoms with Gasteiger partial charge in [0, 0.05) is 34.3 Å². The molecule has 118 valence electrons. The summed E-state index contributed by atoms with van der Waals surface area (Å²) >= 11 is 0. The van der Waals surface area contributed by atoms with Crippen LogP contribution in [0.3, 0.4) is 0 Å². The number of hydrogen-bond acceptors (Lipinski definition) is 6. The van der Waals surface area contributed by atoms with Crippen molar-refractivity contribution in [2.45, 2.75) is 6.54 Å². The molecule has 0 aliphatic rings. The molecule has 2 N–H and O–H groups in total. The topological polar surface area (TPSA) is 67.5 Å². The third kappa shape index (κ3) is 3.85. The number of rotatable bonds is 7. The number of nitrogens with two attached hydrogens (primary N) is 1. The Morgan fingerprint density at radius 3 is 2.32 bits per heavy atom. The average Bonchev–Trinajstić information content (AvgIpc) is 2.53. The van der Waals surface area contributed by atoms with E-state index in [1.54, 1.807) is 13.4 Å². The Labute approximate surface area is 131 Å². The number of nitrogen functional groups attached to an aromatic ring is 1. The van der Waals surface area contributed by atoms with Gasteiger partial charge in [-0.3, -0.25) is 0 Å². The molecule has 2 aromatic rings. The Hall–Kier alpha value is -2.34. The molecule has 2 rings (SSSR count). The molecule has 0 spiro atoms. The van der Waals surface area contributed by atoms with E-state index in [-0.39, 0.29) is 0 Å². The third-order valence-corrected chi connectivity index (χ3v) is 3.46. The van der Waals surface area contributed by atoms with Crippen LogP contribution in [-0.2, 0) is 11.3 Å². The maximum atomic E-state index is 6.26. The molecule has 0 radical (unpaired) electrons. The summed E-state index contributed by atoms with van der Waals surface area (Å²) in [4.78, 5) is 12.6. The van der Waals surface area contributed by atoms with Gasteiger partial charge in [-0.05, 0) is 5.56 Å². The van der Waals surface area contributed by atoms with Crippen LogP contribution in [0.2, 0.25) is 0 Å². The van der Waals surface area contributed by atoms with Crippen molar-refractivity contribution in [3.8, 4) is 0 Å². The van der Waals surface area contributed by atoms with Crippen molar-refractivity contribution in [2.24, 2.45) is 0 Å². The van der Waals surface area contributed by atoms with Crippen molar-refractivity contribution in [2.75, 3.05) is 49.9 Å². The molecule has 0 fully saturated rings. The molecule has 0 aliphatic heterocycles. The zero-order valence-corrected chi connectivity index (χ0v) is 13.4. The van der Waals surface area contributed by atoms with Crippen LogP contribution in [0.15, 0.2) is 36.7 Å². The van der Waals surface area contributed by atoms with Gasteiger partial charge in [0.1, 0.15) is 12.0 Å². The maximum absolute atomic E-state index is 6.26. The quantitative estimate of drug-likeness (QED) is 0.841. The summed E-state index contributed by atoms with van der Waals surface area (Å²) in [5.74, 6) is 1.46. The lowest BCUT2D eigenvalue weighted by Gasteiger charge is -2.24. The number of anilines is 3. The van der Waals surface area contributed by atoms with E-state index < -0.39 is 0 Å². The molecule has 0 amide bonds. The first-order valence-electron chi connectivity index (χ1n) is 7.19. The van der Waals surface area contributed by atoms with Gasteiger partial charge in [-0.1, -0.05) is 30.3 Å². The van der Waals surface area contributed by atoms with Crippen LogP contribution >= 0.6 is 0 Å². The van der Waals surface area contributed by atoms with Gasteiger partial charge in [-0.25, -0.2) is 9.97 Å². The highest BCUT2D eigenvalue weighted by Crippen LogP contribution is 2.28. The zero-order chi connectivity index (χ0) is 15.9. The van der Waals surface area contributed by atoms with Gasteiger partial charge in [0.25, 0.3) is 0 Å². The standard InChI is InChI=1S/C16H23N5O/c1-20(9-10-22-3)15-14(17)16(19-12-18-15)21(2)11-13-7-5-4-6-8-13/h4-8,12H,9-11,17H2,1-3H3. The number of nitrogens with zero attached hydrogens (tertiary/aromatic N) is 4. The van der Waals surface area contributed by atoms with E-state index in [0.717, 1.165) is 24.7 Å². The Bertz CT molecular complexity index is 590. The van der Waals surface area contributed by atoms with Crippen LogP contribution in [0, 0.1) is 0 Å². The highest BCUT2D eigenvalue weighted by Gasteiger charge is 2.15. The Morgan fingerprint density at radius 2 is 1.68 bits per heavy atom. The molecular formula is C16H23N5O. The lowest BCUT2D eigenvalue weighted by Crippen LogP contribution is -2.26. The fraction of sp³-hybridized carbons (Fsp3) is 0.375. The molecule has 1 aromatic carbocycles. The van der Waals surface area contributed by atoms with Crippen molar-refractivity contribution in [1.82, 2.24) is 9.97 Å². The molecule has 6 heteroatoms. The summed E-state index contributed by atoms with van der Waals surface area (Å²) in [5, 5.41) is 0. The van der Waals surface area contributed by atoms with E-state index in [0.29, 0.717) is 12.3 Å². The molecule has 0 saturated heterocycles. The normalized spacial score (nSPS) is 10.5. The number of hydrogen-bond donors (Lipinski definition) is 1. The second-order valence-electron chi connectivity index (χ2n) is 5.19. The zero-order valence-electron chi connectivity index (χ0n) is 13.4. The van der Waals surface area contributed by atoms with Crippen molar-refractivity contribution in [3.05, 3.63) is 42.2 Å². The first-order chi connectivity index (χ1) is 10.6. The molecule has 1 aromatic heterocycles. The lowest BCUT2D eigenvalue weighted by molar-refractivity contribution is 0.206. The van der Waals surface area contributed by atoms with E-state index in [9.17, 15) is 0 Å². The lowest BCUT2D eigenvalue weighted by atomic mass is 10.2. The highest BCUT2D eigenvalue weighted by atomic mass is 16.5. The van der Waals surface area contributed by atoms with Gasteiger partial charge in [0.2, 0.25) is 0 Å². The van der Waals surface area contributed by atoms with Crippen LogP contribution in [0.25, 0.3) is 0 Å². The van der Waals surface area contributed by atoms with Crippen LogP contribution < -0.4 is 15.5 Å². The molecule has 1 heterocycles. The van der Waals surface area contributed by atoms with Crippen LogP contribution in [-0.4, -0.2) is 44.3 Å². The van der Waals surface area contributed by atoms with Crippen molar-refractivity contribution in [3.63, 3.8) is 0 Å². The van der Waals surface area contributed by atoms with Crippen molar-refractivity contribution >= 4 is 17.3 Å². The largest absolute Gasteiger partial charge is 0.393 e. The average molecular weight is 301 g/mol. The van der Waals surface area contributed by atoms with E-state index in [1.807, 2.05) is 42.1 Å². The summed E-state index contributed by atoms with van der Waals surface area (Å²) in [7, 11) is 5.60. The van der Waals surface area contributed by atoms with Gasteiger partial charge in [-0.15, -0.1) is 0 Å². The van der Waals surface area contributed by atoms with Crippen LogP contribution in [0.5, 0.6) is 0 Å². The van der Waals surface area contributed by atoms with Gasteiger partial charge in [0.05, 0.1) is 6.61 Å². The number of likely N-dealkylation sites (N-methyl/N-ethyl adjacent to an activating group) is 1. The van der Waals surface area contributed by atoms with Crippen LogP contribution in [0.4, 0.5) is 17.3 Å². The first-order valence-corrected chi connectivity index (χ1v) is 7.19. The predicted octanol–water partition coefficient (Wildman–Crippen LogP) is 1.78. The van der Waals surface area contributed by atoms with Gasteiger partial charge in [0.15, 0.2) is 11.6 Å². The molecule has 0 unspecified atom stereocenters. The smallest absolute Gasteiger partial charge is 0.157 e. The Morgan fingerprint density at radius 1 is 1.05 bits per heavy atom. The second kappa shape index (κ2) is 7.61. The minimum absolute atomic E-state index is 0.583. The highest BCUT2D eigenvalue weighted by molar-refractivity contribution is 5.75. The first kappa shape index (κ1) is 16.0. The van der Waals surface area contributed by atoms with E-state index in [2.05, 4.69) is 22.1 Å². The summed E-state index contributed by atoms with van der Waals surface area (Å²) < 4.78 is 5.09.